The maximum atomic E-state index is 12.3. The number of benzene rings is 1. The van der Waals surface area contributed by atoms with Gasteiger partial charge in [0.15, 0.2) is 0 Å². The number of fused-ring (bicyclic) bond motifs is 1. The van der Waals surface area contributed by atoms with Gasteiger partial charge in [0, 0.05) is 12.2 Å². The third-order valence-electron chi connectivity index (χ3n) is 3.67. The topological polar surface area (TPSA) is 71.8 Å². The van der Waals surface area contributed by atoms with Crippen LogP contribution in [0.1, 0.15) is 23.3 Å². The number of aryl methyl sites for hydroxylation is 3. The van der Waals surface area contributed by atoms with Gasteiger partial charge in [-0.2, -0.15) is 5.10 Å². The van der Waals surface area contributed by atoms with Crippen molar-refractivity contribution in [1.29, 1.82) is 0 Å². The molecule has 3 rings (SSSR count). The van der Waals surface area contributed by atoms with Gasteiger partial charge in [-0.25, -0.2) is 9.78 Å². The molecule has 0 aliphatic rings. The zero-order valence-electron chi connectivity index (χ0n) is 13.6. The number of anilines is 2. The highest BCUT2D eigenvalue weighted by Crippen LogP contribution is 2.25. The third kappa shape index (κ3) is 3.05. The van der Waals surface area contributed by atoms with Crippen LogP contribution in [0, 0.1) is 20.8 Å². The summed E-state index contributed by atoms with van der Waals surface area (Å²) in [5.74, 6) is 0. The van der Waals surface area contributed by atoms with E-state index in [1.54, 1.807) is 11.3 Å². The molecule has 0 unspecified atom stereocenters. The molecule has 6 nitrogen and oxygen atoms in total. The van der Waals surface area contributed by atoms with Crippen molar-refractivity contribution in [2.75, 3.05) is 10.6 Å². The van der Waals surface area contributed by atoms with Gasteiger partial charge in [-0.15, -0.1) is 11.3 Å². The Labute approximate surface area is 138 Å². The van der Waals surface area contributed by atoms with Gasteiger partial charge >= 0.3 is 6.03 Å². The average molecular weight is 329 g/mol. The minimum Gasteiger partial charge on any atom is -0.308 e. The lowest BCUT2D eigenvalue weighted by atomic mass is 10.3. The lowest BCUT2D eigenvalue weighted by molar-refractivity contribution is 0.262. The van der Waals surface area contributed by atoms with Crippen LogP contribution in [0.2, 0.25) is 0 Å². The summed E-state index contributed by atoms with van der Waals surface area (Å²) in [6.45, 7) is 8.61. The van der Waals surface area contributed by atoms with Crippen molar-refractivity contribution in [1.82, 2.24) is 14.8 Å². The molecule has 2 N–H and O–H groups in total. The van der Waals surface area contributed by atoms with Crippen molar-refractivity contribution < 1.29 is 4.79 Å². The minimum atomic E-state index is -0.271. The second kappa shape index (κ2) is 6.00. The van der Waals surface area contributed by atoms with Crippen molar-refractivity contribution in [3.8, 4) is 0 Å². The smallest absolute Gasteiger partial charge is 0.308 e. The summed E-state index contributed by atoms with van der Waals surface area (Å²) in [6.07, 6.45) is 0. The molecule has 2 amide bonds. The number of nitrogens with one attached hydrogen (secondary N) is 2. The largest absolute Gasteiger partial charge is 0.323 e. The molecule has 0 saturated heterocycles. The van der Waals surface area contributed by atoms with Gasteiger partial charge in [-0.3, -0.25) is 4.68 Å². The Morgan fingerprint density at radius 3 is 2.74 bits per heavy atom. The van der Waals surface area contributed by atoms with Crippen molar-refractivity contribution in [3.05, 3.63) is 34.6 Å². The van der Waals surface area contributed by atoms with Crippen LogP contribution in [-0.4, -0.2) is 20.8 Å². The average Bonchev–Trinajstić information content (AvgIpc) is 3.00. The van der Waals surface area contributed by atoms with Crippen molar-refractivity contribution in [2.45, 2.75) is 34.2 Å². The van der Waals surface area contributed by atoms with E-state index in [0.717, 1.165) is 44.5 Å². The number of rotatable bonds is 3. The molecular formula is C16H19N5OS. The highest BCUT2D eigenvalue weighted by atomic mass is 32.1. The first-order valence-corrected chi connectivity index (χ1v) is 8.28. The van der Waals surface area contributed by atoms with Gasteiger partial charge in [0.25, 0.3) is 0 Å². The molecule has 7 heteroatoms. The van der Waals surface area contributed by atoms with Gasteiger partial charge in [0.05, 0.1) is 32.3 Å². The van der Waals surface area contributed by atoms with Gasteiger partial charge < -0.3 is 10.6 Å². The highest BCUT2D eigenvalue weighted by molar-refractivity contribution is 7.18. The number of hydrogen-bond donors (Lipinski definition) is 2. The number of nitrogens with zero attached hydrogens (tertiary/aromatic N) is 3. The second-order valence-electron chi connectivity index (χ2n) is 5.36. The number of carbonyl (C=O) groups excluding carboxylic acids is 1. The zero-order valence-corrected chi connectivity index (χ0v) is 14.4. The van der Waals surface area contributed by atoms with E-state index in [9.17, 15) is 4.79 Å². The summed E-state index contributed by atoms with van der Waals surface area (Å²) in [5.41, 5.74) is 4.23. The third-order valence-corrected chi connectivity index (χ3v) is 4.61. The van der Waals surface area contributed by atoms with Crippen LogP contribution in [0.4, 0.5) is 16.2 Å². The summed E-state index contributed by atoms with van der Waals surface area (Å²) < 4.78 is 2.93. The summed E-state index contributed by atoms with van der Waals surface area (Å²) in [4.78, 5) is 16.7. The number of amides is 2. The zero-order chi connectivity index (χ0) is 16.6. The Morgan fingerprint density at radius 1 is 1.26 bits per heavy atom. The Kier molecular flexibility index (Phi) is 4.04. The molecule has 0 aliphatic carbocycles. The summed E-state index contributed by atoms with van der Waals surface area (Å²) in [7, 11) is 0. The molecule has 2 aromatic heterocycles. The van der Waals surface area contributed by atoms with E-state index in [4.69, 9.17) is 0 Å². The monoisotopic (exact) mass is 329 g/mol. The molecule has 3 aromatic rings. The van der Waals surface area contributed by atoms with Crippen LogP contribution >= 0.6 is 11.3 Å². The maximum absolute atomic E-state index is 12.3. The van der Waals surface area contributed by atoms with E-state index in [1.165, 1.54) is 0 Å². The Morgan fingerprint density at radius 2 is 2.04 bits per heavy atom. The minimum absolute atomic E-state index is 0.271. The van der Waals surface area contributed by atoms with Gasteiger partial charge in [-0.1, -0.05) is 0 Å². The molecule has 0 atom stereocenters. The fourth-order valence-electron chi connectivity index (χ4n) is 2.58. The van der Waals surface area contributed by atoms with Crippen LogP contribution in [0.3, 0.4) is 0 Å². The first kappa shape index (κ1) is 15.5. The number of urea groups is 1. The molecule has 120 valence electrons. The lowest BCUT2D eigenvalue weighted by Crippen LogP contribution is -2.20. The molecule has 23 heavy (non-hydrogen) atoms. The predicted molar refractivity (Wildman–Crippen MR) is 94.4 cm³/mol. The molecular weight excluding hydrogens is 310 g/mol. The van der Waals surface area contributed by atoms with E-state index in [1.807, 2.05) is 50.6 Å². The van der Waals surface area contributed by atoms with Crippen LogP contribution in [-0.2, 0) is 6.54 Å². The normalized spacial score (nSPS) is 11.0. The van der Waals surface area contributed by atoms with Crippen LogP contribution in [0.15, 0.2) is 18.2 Å². The quantitative estimate of drug-likeness (QED) is 0.760. The standard InChI is InChI=1S/C16H19N5OS/c1-5-21-10(3)15(9(2)20-21)19-16(22)18-12-6-7-13-14(8-12)23-11(4)17-13/h6-8H,5H2,1-4H3,(H2,18,19,22). The molecule has 0 aliphatic heterocycles. The summed E-state index contributed by atoms with van der Waals surface area (Å²) in [6, 6.07) is 5.44. The fourth-order valence-corrected chi connectivity index (χ4v) is 3.45. The van der Waals surface area contributed by atoms with Crippen molar-refractivity contribution >= 4 is 39.0 Å². The van der Waals surface area contributed by atoms with E-state index >= 15 is 0 Å². The maximum Gasteiger partial charge on any atom is 0.323 e. The molecule has 2 heterocycles. The van der Waals surface area contributed by atoms with Gasteiger partial charge in [-0.05, 0) is 45.9 Å². The van der Waals surface area contributed by atoms with Crippen LogP contribution in [0.5, 0.6) is 0 Å². The number of thiazole rings is 1. The molecule has 0 spiro atoms. The molecule has 0 bridgehead atoms. The SMILES string of the molecule is CCn1nc(C)c(NC(=O)Nc2ccc3nc(C)sc3c2)c1C. The highest BCUT2D eigenvalue weighted by Gasteiger charge is 2.13. The molecule has 0 radical (unpaired) electrons. The summed E-state index contributed by atoms with van der Waals surface area (Å²) in [5, 5.41) is 11.2. The number of aromatic nitrogens is 3. The Bertz CT molecular complexity index is 880. The predicted octanol–water partition coefficient (Wildman–Crippen LogP) is 4.08. The second-order valence-corrected chi connectivity index (χ2v) is 6.59. The van der Waals surface area contributed by atoms with Crippen molar-refractivity contribution in [3.63, 3.8) is 0 Å². The molecule has 0 fully saturated rings. The molecule has 0 saturated carbocycles. The molecule has 1 aromatic carbocycles. The van der Waals surface area contributed by atoms with E-state index in [2.05, 4.69) is 20.7 Å². The van der Waals surface area contributed by atoms with E-state index < -0.39 is 0 Å². The first-order valence-electron chi connectivity index (χ1n) is 7.47. The fraction of sp³-hybridized carbons (Fsp3) is 0.312. The van der Waals surface area contributed by atoms with Crippen LogP contribution in [0.25, 0.3) is 10.2 Å². The first-order chi connectivity index (χ1) is 11.0. The Hall–Kier alpha value is -2.41. The van der Waals surface area contributed by atoms with Gasteiger partial charge in [0.1, 0.15) is 0 Å². The number of hydrogen-bond acceptors (Lipinski definition) is 4. The lowest BCUT2D eigenvalue weighted by Gasteiger charge is -2.08. The summed E-state index contributed by atoms with van der Waals surface area (Å²) >= 11 is 1.61. The van der Waals surface area contributed by atoms with E-state index in [-0.39, 0.29) is 6.03 Å². The number of carbonyl (C=O) groups is 1. The van der Waals surface area contributed by atoms with Crippen LogP contribution < -0.4 is 10.6 Å². The van der Waals surface area contributed by atoms with Gasteiger partial charge in [0.2, 0.25) is 0 Å². The van der Waals surface area contributed by atoms with E-state index in [0.29, 0.717) is 0 Å². The van der Waals surface area contributed by atoms with Crippen molar-refractivity contribution in [2.24, 2.45) is 0 Å². The Balaban J connectivity index is 1.77.